The Morgan fingerprint density at radius 1 is 1.15 bits per heavy atom. The smallest absolute Gasteiger partial charge is 0.321 e. The summed E-state index contributed by atoms with van der Waals surface area (Å²) in [6.07, 6.45) is -1.17. The second kappa shape index (κ2) is 8.94. The highest BCUT2D eigenvalue weighted by Crippen LogP contribution is 2.14. The summed E-state index contributed by atoms with van der Waals surface area (Å²) < 4.78 is 44.4. The van der Waals surface area contributed by atoms with Gasteiger partial charge in [0.1, 0.15) is 17.3 Å². The number of hydrogen-bond donors (Lipinski definition) is 2. The second-order valence-corrected chi connectivity index (χ2v) is 7.56. The van der Waals surface area contributed by atoms with Crippen LogP contribution in [-0.4, -0.2) is 32.9 Å². The van der Waals surface area contributed by atoms with Gasteiger partial charge >= 0.3 is 5.97 Å². The average Bonchev–Trinajstić information content (AvgIpc) is 2.62. The molecule has 1 amide bonds. The maximum Gasteiger partial charge on any atom is 0.321 e. The number of carbonyl (C=O) groups is 2. The monoisotopic (exact) mass is 414 g/mol. The molecule has 2 aromatic carbocycles. The van der Waals surface area contributed by atoms with E-state index in [-0.39, 0.29) is 0 Å². The Morgan fingerprint density at radius 3 is 2.41 bits per heavy atom. The first-order chi connectivity index (χ1) is 12.7. The number of nitrogens with one attached hydrogen (secondary N) is 2. The van der Waals surface area contributed by atoms with Crippen molar-refractivity contribution in [2.45, 2.75) is 17.9 Å². The van der Waals surface area contributed by atoms with Gasteiger partial charge in [-0.1, -0.05) is 23.7 Å². The molecular formula is C17H16ClFN2O5S. The Kier molecular flexibility index (Phi) is 6.89. The largest absolute Gasteiger partial charge is 0.452 e. The topological polar surface area (TPSA) is 102 Å². The SMILES string of the molecule is C[C@@H](OC(=O)CNS(=O)(=O)c1ccccc1F)C(=O)Nc1ccc(Cl)cc1. The van der Waals surface area contributed by atoms with Gasteiger partial charge in [0.05, 0.1) is 0 Å². The molecule has 0 aromatic heterocycles. The molecule has 0 bridgehead atoms. The van der Waals surface area contributed by atoms with Gasteiger partial charge in [-0.3, -0.25) is 9.59 Å². The number of sulfonamides is 1. The molecule has 0 spiro atoms. The summed E-state index contributed by atoms with van der Waals surface area (Å²) in [6, 6.07) is 11.0. The number of rotatable bonds is 7. The zero-order valence-corrected chi connectivity index (χ0v) is 15.7. The third-order valence-corrected chi connectivity index (χ3v) is 5.01. The van der Waals surface area contributed by atoms with E-state index in [0.29, 0.717) is 10.7 Å². The van der Waals surface area contributed by atoms with Crippen molar-refractivity contribution in [2.24, 2.45) is 0 Å². The Balaban J connectivity index is 1.88. The number of benzene rings is 2. The summed E-state index contributed by atoms with van der Waals surface area (Å²) in [4.78, 5) is 23.2. The van der Waals surface area contributed by atoms with Crippen molar-refractivity contribution in [3.05, 3.63) is 59.4 Å². The van der Waals surface area contributed by atoms with Crippen LogP contribution in [0.3, 0.4) is 0 Å². The molecule has 10 heteroatoms. The predicted molar refractivity (Wildman–Crippen MR) is 97.2 cm³/mol. The number of carbonyl (C=O) groups excluding carboxylic acids is 2. The quantitative estimate of drug-likeness (QED) is 0.677. The van der Waals surface area contributed by atoms with Crippen LogP contribution in [0.5, 0.6) is 0 Å². The minimum absolute atomic E-state index is 0.451. The van der Waals surface area contributed by atoms with Gasteiger partial charge in [0.2, 0.25) is 10.0 Å². The Bertz CT molecular complexity index is 935. The first kappa shape index (κ1) is 20.8. The van der Waals surface area contributed by atoms with Gasteiger partial charge in [0.25, 0.3) is 5.91 Å². The lowest BCUT2D eigenvalue weighted by Gasteiger charge is -2.14. The molecule has 0 heterocycles. The van der Waals surface area contributed by atoms with E-state index in [1.165, 1.54) is 19.1 Å². The van der Waals surface area contributed by atoms with Crippen LogP contribution in [0.25, 0.3) is 0 Å². The lowest BCUT2D eigenvalue weighted by molar-refractivity contribution is -0.151. The van der Waals surface area contributed by atoms with Crippen LogP contribution < -0.4 is 10.0 Å². The summed E-state index contributed by atoms with van der Waals surface area (Å²) in [5, 5.41) is 3.01. The fourth-order valence-corrected chi connectivity index (χ4v) is 3.14. The van der Waals surface area contributed by atoms with Crippen LogP contribution in [0, 0.1) is 5.82 Å². The van der Waals surface area contributed by atoms with Gasteiger partial charge in [-0.15, -0.1) is 0 Å². The van der Waals surface area contributed by atoms with E-state index in [2.05, 4.69) is 5.32 Å². The van der Waals surface area contributed by atoms with E-state index in [0.717, 1.165) is 12.1 Å². The van der Waals surface area contributed by atoms with Crippen LogP contribution in [0.1, 0.15) is 6.92 Å². The zero-order chi connectivity index (χ0) is 20.0. The minimum atomic E-state index is -4.23. The van der Waals surface area contributed by atoms with E-state index >= 15 is 0 Å². The van der Waals surface area contributed by atoms with Crippen LogP contribution in [0.4, 0.5) is 10.1 Å². The average molecular weight is 415 g/mol. The third-order valence-electron chi connectivity index (χ3n) is 3.32. The number of anilines is 1. The molecule has 0 aliphatic carbocycles. The number of amides is 1. The molecule has 2 aromatic rings. The molecule has 2 N–H and O–H groups in total. The molecule has 7 nitrogen and oxygen atoms in total. The molecule has 0 unspecified atom stereocenters. The Labute approximate surface area is 160 Å². The van der Waals surface area contributed by atoms with E-state index < -0.39 is 45.3 Å². The van der Waals surface area contributed by atoms with Crippen molar-refractivity contribution in [3.63, 3.8) is 0 Å². The highest BCUT2D eigenvalue weighted by Gasteiger charge is 2.22. The molecule has 2 rings (SSSR count). The number of ether oxygens (including phenoxy) is 1. The molecule has 144 valence electrons. The summed E-state index contributed by atoms with van der Waals surface area (Å²) >= 11 is 5.74. The third kappa shape index (κ3) is 6.02. The van der Waals surface area contributed by atoms with Crippen molar-refractivity contribution in [2.75, 3.05) is 11.9 Å². The lowest BCUT2D eigenvalue weighted by Crippen LogP contribution is -2.36. The van der Waals surface area contributed by atoms with Crippen molar-refractivity contribution >= 4 is 39.2 Å². The van der Waals surface area contributed by atoms with Crippen LogP contribution in [-0.2, 0) is 24.3 Å². The molecule has 0 radical (unpaired) electrons. The van der Waals surface area contributed by atoms with E-state index in [4.69, 9.17) is 16.3 Å². The predicted octanol–water partition coefficient (Wildman–Crippen LogP) is 2.33. The standard InChI is InChI=1S/C17H16ClFN2O5S/c1-11(17(23)21-13-8-6-12(18)7-9-13)26-16(22)10-20-27(24,25)15-5-3-2-4-14(15)19/h2-9,11,20H,10H2,1H3,(H,21,23)/t11-/m1/s1. The zero-order valence-electron chi connectivity index (χ0n) is 14.1. The van der Waals surface area contributed by atoms with E-state index in [1.54, 1.807) is 24.3 Å². The molecule has 0 aliphatic heterocycles. The second-order valence-electron chi connectivity index (χ2n) is 5.38. The first-order valence-corrected chi connectivity index (χ1v) is 9.55. The minimum Gasteiger partial charge on any atom is -0.452 e. The van der Waals surface area contributed by atoms with Crippen molar-refractivity contribution in [1.82, 2.24) is 4.72 Å². The van der Waals surface area contributed by atoms with Crippen molar-refractivity contribution in [3.8, 4) is 0 Å². The highest BCUT2D eigenvalue weighted by molar-refractivity contribution is 7.89. The van der Waals surface area contributed by atoms with Gasteiger partial charge in [-0.25, -0.2) is 12.8 Å². The van der Waals surface area contributed by atoms with Crippen LogP contribution in [0.15, 0.2) is 53.4 Å². The first-order valence-electron chi connectivity index (χ1n) is 7.69. The summed E-state index contributed by atoms with van der Waals surface area (Å²) in [7, 11) is -4.23. The number of hydrogen-bond acceptors (Lipinski definition) is 5. The highest BCUT2D eigenvalue weighted by atomic mass is 35.5. The van der Waals surface area contributed by atoms with Gasteiger partial charge in [0, 0.05) is 10.7 Å². The maximum atomic E-state index is 13.6. The van der Waals surface area contributed by atoms with E-state index in [9.17, 15) is 22.4 Å². The molecule has 0 fully saturated rings. The summed E-state index contributed by atoms with van der Waals surface area (Å²) in [5.74, 6) is -2.55. The van der Waals surface area contributed by atoms with Crippen molar-refractivity contribution in [1.29, 1.82) is 0 Å². The Morgan fingerprint density at radius 2 is 1.78 bits per heavy atom. The van der Waals surface area contributed by atoms with Gasteiger partial charge in [0.15, 0.2) is 6.10 Å². The van der Waals surface area contributed by atoms with Gasteiger partial charge in [-0.2, -0.15) is 4.72 Å². The lowest BCUT2D eigenvalue weighted by atomic mass is 10.3. The molecular weight excluding hydrogens is 399 g/mol. The molecule has 0 aliphatic rings. The Hall–Kier alpha value is -2.49. The fraction of sp³-hybridized carbons (Fsp3) is 0.176. The molecule has 27 heavy (non-hydrogen) atoms. The molecule has 1 atom stereocenters. The van der Waals surface area contributed by atoms with Crippen LogP contribution in [0.2, 0.25) is 5.02 Å². The number of esters is 1. The van der Waals surface area contributed by atoms with Crippen LogP contribution >= 0.6 is 11.6 Å². The molecule has 0 saturated carbocycles. The van der Waals surface area contributed by atoms with E-state index in [1.807, 2.05) is 4.72 Å². The van der Waals surface area contributed by atoms with Crippen molar-refractivity contribution < 1.29 is 27.1 Å². The summed E-state index contributed by atoms with van der Waals surface area (Å²) in [5.41, 5.74) is 0.451. The van der Waals surface area contributed by atoms with Gasteiger partial charge in [-0.05, 0) is 43.3 Å². The summed E-state index contributed by atoms with van der Waals surface area (Å²) in [6.45, 7) is 0.573. The van der Waals surface area contributed by atoms with Gasteiger partial charge < -0.3 is 10.1 Å². The normalized spacial score (nSPS) is 12.3. The number of halogens is 2. The maximum absolute atomic E-state index is 13.6. The fourth-order valence-electron chi connectivity index (χ4n) is 1.96. The molecule has 0 saturated heterocycles.